The van der Waals surface area contributed by atoms with E-state index in [9.17, 15) is 4.79 Å². The number of carbonyl (C=O) groups excluding carboxylic acids is 1. The van der Waals surface area contributed by atoms with Crippen LogP contribution in [0.2, 0.25) is 0 Å². The zero-order chi connectivity index (χ0) is 9.68. The van der Waals surface area contributed by atoms with Crippen molar-refractivity contribution in [3.8, 4) is 0 Å². The van der Waals surface area contributed by atoms with Crippen molar-refractivity contribution in [2.75, 3.05) is 12.4 Å². The molecule has 1 rings (SSSR count). The lowest BCUT2D eigenvalue weighted by Crippen LogP contribution is -1.90. The standard InChI is InChI=1S/C11H13NO/c1-3-9(8-13)10-5-4-6-11(7-10)12-2/h3-8,12H,1-2H3/b9-3-. The Morgan fingerprint density at radius 2 is 2.23 bits per heavy atom. The number of anilines is 1. The molecule has 13 heavy (non-hydrogen) atoms. The minimum atomic E-state index is 0.720. The second-order valence-electron chi connectivity index (χ2n) is 2.69. The molecule has 1 aromatic rings. The van der Waals surface area contributed by atoms with Crippen LogP contribution in [0.1, 0.15) is 12.5 Å². The Kier molecular flexibility index (Phi) is 3.26. The van der Waals surface area contributed by atoms with Crippen molar-refractivity contribution in [1.82, 2.24) is 0 Å². The SMILES string of the molecule is C/C=C(/C=O)c1cccc(NC)c1. The number of rotatable bonds is 3. The van der Waals surface area contributed by atoms with Crippen LogP contribution in [0.5, 0.6) is 0 Å². The first-order valence-corrected chi connectivity index (χ1v) is 4.21. The van der Waals surface area contributed by atoms with E-state index in [0.29, 0.717) is 0 Å². The molecule has 0 spiro atoms. The van der Waals surface area contributed by atoms with Crippen molar-refractivity contribution in [3.05, 3.63) is 35.9 Å². The van der Waals surface area contributed by atoms with Crippen LogP contribution in [-0.2, 0) is 4.79 Å². The van der Waals surface area contributed by atoms with E-state index in [4.69, 9.17) is 0 Å². The van der Waals surface area contributed by atoms with Crippen molar-refractivity contribution in [1.29, 1.82) is 0 Å². The molecular formula is C11H13NO. The van der Waals surface area contributed by atoms with Gasteiger partial charge in [-0.25, -0.2) is 0 Å². The smallest absolute Gasteiger partial charge is 0.150 e. The quantitative estimate of drug-likeness (QED) is 0.564. The van der Waals surface area contributed by atoms with E-state index in [1.165, 1.54) is 0 Å². The second-order valence-corrected chi connectivity index (χ2v) is 2.69. The van der Waals surface area contributed by atoms with Crippen molar-refractivity contribution >= 4 is 17.5 Å². The predicted molar refractivity (Wildman–Crippen MR) is 55.7 cm³/mol. The summed E-state index contributed by atoms with van der Waals surface area (Å²) in [6, 6.07) is 7.75. The van der Waals surface area contributed by atoms with Gasteiger partial charge >= 0.3 is 0 Å². The van der Waals surface area contributed by atoms with Gasteiger partial charge in [0.05, 0.1) is 0 Å². The fraction of sp³-hybridized carbons (Fsp3) is 0.182. The van der Waals surface area contributed by atoms with Crippen LogP contribution < -0.4 is 5.32 Å². The number of allylic oxidation sites excluding steroid dienone is 2. The number of aldehydes is 1. The maximum Gasteiger partial charge on any atom is 0.150 e. The van der Waals surface area contributed by atoms with E-state index < -0.39 is 0 Å². The average Bonchev–Trinajstić information content (AvgIpc) is 2.20. The molecule has 0 unspecified atom stereocenters. The Morgan fingerprint density at radius 1 is 1.46 bits per heavy atom. The van der Waals surface area contributed by atoms with Crippen molar-refractivity contribution in [3.63, 3.8) is 0 Å². The minimum absolute atomic E-state index is 0.720. The van der Waals surface area contributed by atoms with Crippen LogP contribution in [0.4, 0.5) is 5.69 Å². The van der Waals surface area contributed by atoms with E-state index in [2.05, 4.69) is 5.32 Å². The maximum atomic E-state index is 10.6. The van der Waals surface area contributed by atoms with Gasteiger partial charge < -0.3 is 5.32 Å². The van der Waals surface area contributed by atoms with Crippen molar-refractivity contribution in [2.24, 2.45) is 0 Å². The summed E-state index contributed by atoms with van der Waals surface area (Å²) in [5.41, 5.74) is 2.68. The van der Waals surface area contributed by atoms with Gasteiger partial charge in [-0.15, -0.1) is 0 Å². The van der Waals surface area contributed by atoms with Gasteiger partial charge in [0.25, 0.3) is 0 Å². The summed E-state index contributed by atoms with van der Waals surface area (Å²) in [6.07, 6.45) is 2.68. The number of hydrogen-bond donors (Lipinski definition) is 1. The summed E-state index contributed by atoms with van der Waals surface area (Å²) in [7, 11) is 1.86. The van der Waals surface area contributed by atoms with Gasteiger partial charge in [-0.05, 0) is 24.6 Å². The first kappa shape index (κ1) is 9.52. The normalized spacial score (nSPS) is 11.1. The van der Waals surface area contributed by atoms with Gasteiger partial charge in [-0.2, -0.15) is 0 Å². The lowest BCUT2D eigenvalue weighted by molar-refractivity contribution is -0.103. The zero-order valence-corrected chi connectivity index (χ0v) is 7.87. The van der Waals surface area contributed by atoms with Gasteiger partial charge in [0.1, 0.15) is 6.29 Å². The molecule has 0 amide bonds. The largest absolute Gasteiger partial charge is 0.388 e. The Balaban J connectivity index is 3.07. The highest BCUT2D eigenvalue weighted by Gasteiger charge is 1.98. The third-order valence-electron chi connectivity index (χ3n) is 1.92. The summed E-state index contributed by atoms with van der Waals surface area (Å²) in [5.74, 6) is 0. The zero-order valence-electron chi connectivity index (χ0n) is 7.87. The summed E-state index contributed by atoms with van der Waals surface area (Å²) in [5, 5.41) is 3.03. The molecule has 2 heteroatoms. The predicted octanol–water partition coefficient (Wildman–Crippen LogP) is 2.33. The van der Waals surface area contributed by atoms with Crippen LogP contribution >= 0.6 is 0 Å². The first-order valence-electron chi connectivity index (χ1n) is 4.21. The monoisotopic (exact) mass is 175 g/mol. The molecule has 0 aromatic heterocycles. The maximum absolute atomic E-state index is 10.6. The van der Waals surface area contributed by atoms with E-state index in [1.807, 2.05) is 44.3 Å². The Labute approximate surface area is 78.3 Å². The molecule has 0 aliphatic heterocycles. The highest BCUT2D eigenvalue weighted by atomic mass is 16.1. The van der Waals surface area contributed by atoms with E-state index in [0.717, 1.165) is 23.1 Å². The molecular weight excluding hydrogens is 162 g/mol. The van der Waals surface area contributed by atoms with Crippen LogP contribution in [0.3, 0.4) is 0 Å². The molecule has 1 N–H and O–H groups in total. The highest BCUT2D eigenvalue weighted by Crippen LogP contribution is 2.16. The lowest BCUT2D eigenvalue weighted by atomic mass is 10.1. The van der Waals surface area contributed by atoms with Gasteiger partial charge in [0, 0.05) is 18.3 Å². The average molecular weight is 175 g/mol. The lowest BCUT2D eigenvalue weighted by Gasteiger charge is -2.03. The molecule has 1 aromatic carbocycles. The van der Waals surface area contributed by atoms with Gasteiger partial charge in [0.15, 0.2) is 0 Å². The summed E-state index contributed by atoms with van der Waals surface area (Å²) < 4.78 is 0. The molecule has 0 aliphatic rings. The molecule has 0 heterocycles. The third kappa shape index (κ3) is 2.18. The molecule has 0 fully saturated rings. The van der Waals surface area contributed by atoms with E-state index in [1.54, 1.807) is 0 Å². The topological polar surface area (TPSA) is 29.1 Å². The number of carbonyl (C=O) groups is 1. The molecule has 0 saturated carbocycles. The van der Waals surface area contributed by atoms with Crippen LogP contribution in [0, 0.1) is 0 Å². The van der Waals surface area contributed by atoms with Crippen molar-refractivity contribution in [2.45, 2.75) is 6.92 Å². The third-order valence-corrected chi connectivity index (χ3v) is 1.92. The van der Waals surface area contributed by atoms with Gasteiger partial charge in [0.2, 0.25) is 0 Å². The number of nitrogens with one attached hydrogen (secondary N) is 1. The Bertz CT molecular complexity index is 329. The molecule has 68 valence electrons. The van der Waals surface area contributed by atoms with Crippen LogP contribution in [0.25, 0.3) is 5.57 Å². The number of benzene rings is 1. The molecule has 0 atom stereocenters. The molecule has 0 radical (unpaired) electrons. The van der Waals surface area contributed by atoms with Gasteiger partial charge in [-0.3, -0.25) is 4.79 Å². The van der Waals surface area contributed by atoms with Gasteiger partial charge in [-0.1, -0.05) is 18.2 Å². The van der Waals surface area contributed by atoms with Crippen LogP contribution in [-0.4, -0.2) is 13.3 Å². The fourth-order valence-electron chi connectivity index (χ4n) is 1.16. The Morgan fingerprint density at radius 3 is 2.77 bits per heavy atom. The summed E-state index contributed by atoms with van der Waals surface area (Å²) >= 11 is 0. The van der Waals surface area contributed by atoms with Crippen molar-refractivity contribution < 1.29 is 4.79 Å². The second kappa shape index (κ2) is 4.45. The number of hydrogen-bond acceptors (Lipinski definition) is 2. The fourth-order valence-corrected chi connectivity index (χ4v) is 1.16. The molecule has 0 aliphatic carbocycles. The summed E-state index contributed by atoms with van der Waals surface area (Å²) in [4.78, 5) is 10.6. The molecule has 2 nitrogen and oxygen atoms in total. The molecule has 0 bridgehead atoms. The molecule has 0 saturated heterocycles. The minimum Gasteiger partial charge on any atom is -0.388 e. The van der Waals surface area contributed by atoms with E-state index in [-0.39, 0.29) is 0 Å². The summed E-state index contributed by atoms with van der Waals surface area (Å²) in [6.45, 7) is 1.86. The Hall–Kier alpha value is -1.57. The van der Waals surface area contributed by atoms with E-state index >= 15 is 0 Å². The highest BCUT2D eigenvalue weighted by molar-refractivity contribution is 6.06. The van der Waals surface area contributed by atoms with Crippen LogP contribution in [0.15, 0.2) is 30.3 Å². The first-order chi connectivity index (χ1) is 6.31.